The second-order valence-electron chi connectivity index (χ2n) is 6.18. The monoisotopic (exact) mass is 361 g/mol. The van der Waals surface area contributed by atoms with E-state index in [1.807, 2.05) is 31.2 Å². The van der Waals surface area contributed by atoms with E-state index in [-0.39, 0.29) is 34.1 Å². The zero-order valence-electron chi connectivity index (χ0n) is 13.9. The lowest BCUT2D eigenvalue weighted by Crippen LogP contribution is -2.22. The van der Waals surface area contributed by atoms with Gasteiger partial charge in [0.15, 0.2) is 11.6 Å². The van der Waals surface area contributed by atoms with E-state index in [2.05, 4.69) is 0 Å². The normalized spacial score (nSPS) is 12.7. The molecule has 0 radical (unpaired) electrons. The van der Waals surface area contributed by atoms with Crippen LogP contribution in [-0.2, 0) is 0 Å². The van der Waals surface area contributed by atoms with Crippen LogP contribution < -0.4 is 5.73 Å². The van der Waals surface area contributed by atoms with Gasteiger partial charge >= 0.3 is 0 Å². The maximum atomic E-state index is 12.9. The van der Waals surface area contributed by atoms with Crippen LogP contribution in [0.15, 0.2) is 64.4 Å². The van der Waals surface area contributed by atoms with Gasteiger partial charge in [0.25, 0.3) is 0 Å². The van der Waals surface area contributed by atoms with Crippen LogP contribution in [0.1, 0.15) is 37.4 Å². The number of rotatable bonds is 2. The number of fused-ring (bicyclic) bond motifs is 2. The van der Waals surface area contributed by atoms with Gasteiger partial charge in [0, 0.05) is 20.9 Å². The smallest absolute Gasteiger partial charge is 0.198 e. The number of phenols is 1. The Labute approximate surface area is 154 Å². The molecule has 0 fully saturated rings. The number of hydrogen-bond donors (Lipinski definition) is 2. The van der Waals surface area contributed by atoms with Crippen molar-refractivity contribution in [1.82, 2.24) is 0 Å². The minimum atomic E-state index is -0.383. The first kappa shape index (κ1) is 16.4. The van der Waals surface area contributed by atoms with Gasteiger partial charge in [0.1, 0.15) is 5.75 Å². The summed E-state index contributed by atoms with van der Waals surface area (Å²) in [6.45, 7) is 1.98. The lowest BCUT2D eigenvalue weighted by atomic mass is 9.83. The van der Waals surface area contributed by atoms with Crippen LogP contribution in [0.4, 0.5) is 5.69 Å². The van der Waals surface area contributed by atoms with Gasteiger partial charge in [-0.05, 0) is 25.1 Å². The summed E-state index contributed by atoms with van der Waals surface area (Å²) in [4.78, 5) is 27.2. The summed E-state index contributed by atoms with van der Waals surface area (Å²) in [6.07, 6.45) is 0. The van der Waals surface area contributed by atoms with E-state index in [1.165, 1.54) is 17.8 Å². The van der Waals surface area contributed by atoms with E-state index >= 15 is 0 Å². The number of aromatic hydroxyl groups is 1. The Kier molecular flexibility index (Phi) is 3.81. The second kappa shape index (κ2) is 6.04. The van der Waals surface area contributed by atoms with Gasteiger partial charge in [0.05, 0.1) is 16.8 Å². The Morgan fingerprint density at radius 2 is 1.54 bits per heavy atom. The number of nitrogens with two attached hydrogens (primary N) is 1. The Morgan fingerprint density at radius 3 is 2.19 bits per heavy atom. The van der Waals surface area contributed by atoms with E-state index in [9.17, 15) is 14.7 Å². The molecule has 0 atom stereocenters. The van der Waals surface area contributed by atoms with E-state index in [1.54, 1.807) is 24.3 Å². The zero-order chi connectivity index (χ0) is 18.4. The average Bonchev–Trinajstić information content (AvgIpc) is 2.62. The first-order valence-electron chi connectivity index (χ1n) is 8.05. The minimum Gasteiger partial charge on any atom is -0.507 e. The van der Waals surface area contributed by atoms with Crippen molar-refractivity contribution < 1.29 is 14.7 Å². The van der Waals surface area contributed by atoms with Crippen molar-refractivity contribution in [2.24, 2.45) is 0 Å². The molecule has 0 spiro atoms. The van der Waals surface area contributed by atoms with Crippen LogP contribution in [0.5, 0.6) is 5.75 Å². The van der Waals surface area contributed by atoms with E-state index < -0.39 is 0 Å². The zero-order valence-corrected chi connectivity index (χ0v) is 14.8. The highest BCUT2D eigenvalue weighted by atomic mass is 32.2. The molecule has 4 nitrogen and oxygen atoms in total. The van der Waals surface area contributed by atoms with Crippen LogP contribution in [0, 0.1) is 6.92 Å². The van der Waals surface area contributed by atoms with Gasteiger partial charge in [-0.3, -0.25) is 9.59 Å². The van der Waals surface area contributed by atoms with Gasteiger partial charge in [0.2, 0.25) is 0 Å². The summed E-state index contributed by atoms with van der Waals surface area (Å²) in [5.41, 5.74) is 8.25. The molecule has 1 aliphatic carbocycles. The van der Waals surface area contributed by atoms with Gasteiger partial charge in [-0.2, -0.15) is 0 Å². The van der Waals surface area contributed by atoms with Gasteiger partial charge < -0.3 is 10.8 Å². The molecule has 128 valence electrons. The average molecular weight is 361 g/mol. The van der Waals surface area contributed by atoms with Crippen LogP contribution in [-0.4, -0.2) is 16.7 Å². The molecule has 3 aromatic rings. The van der Waals surface area contributed by atoms with Crippen molar-refractivity contribution in [2.75, 3.05) is 5.73 Å². The fraction of sp³-hybridized carbons (Fsp3) is 0.0476. The summed E-state index contributed by atoms with van der Waals surface area (Å²) < 4.78 is 0. The molecule has 0 heterocycles. The molecule has 4 rings (SSSR count). The number of aryl methyl sites for hydroxylation is 1. The topological polar surface area (TPSA) is 80.4 Å². The highest BCUT2D eigenvalue weighted by molar-refractivity contribution is 7.99. The number of nitrogen functional groups attached to an aromatic ring is 1. The number of carbonyl (C=O) groups is 2. The summed E-state index contributed by atoms with van der Waals surface area (Å²) in [5, 5.41) is 10.5. The molecule has 3 N–H and O–H groups in total. The number of phenolic OH excluding ortho intramolecular Hbond substituents is 1. The molecule has 0 aromatic heterocycles. The van der Waals surface area contributed by atoms with Crippen molar-refractivity contribution in [3.8, 4) is 5.75 Å². The number of anilines is 1. The minimum absolute atomic E-state index is 0.0141. The first-order chi connectivity index (χ1) is 12.5. The molecular formula is C21H15NO3S. The van der Waals surface area contributed by atoms with Crippen LogP contribution in [0.25, 0.3) is 0 Å². The molecule has 0 aliphatic heterocycles. The van der Waals surface area contributed by atoms with Crippen molar-refractivity contribution >= 4 is 29.0 Å². The lowest BCUT2D eigenvalue weighted by Gasteiger charge is -2.21. The number of hydrogen-bond acceptors (Lipinski definition) is 5. The largest absolute Gasteiger partial charge is 0.507 e. The molecule has 0 saturated carbocycles. The van der Waals surface area contributed by atoms with Gasteiger partial charge in [-0.15, -0.1) is 0 Å². The summed E-state index contributed by atoms with van der Waals surface area (Å²) in [6, 6.07) is 15.9. The number of benzene rings is 3. The molecule has 26 heavy (non-hydrogen) atoms. The molecule has 0 bridgehead atoms. The second-order valence-corrected chi connectivity index (χ2v) is 7.30. The Hall–Kier alpha value is -3.05. The van der Waals surface area contributed by atoms with Crippen molar-refractivity contribution in [3.63, 3.8) is 0 Å². The Balaban J connectivity index is 1.88. The molecule has 0 saturated heterocycles. The molecule has 5 heteroatoms. The highest BCUT2D eigenvalue weighted by Crippen LogP contribution is 2.43. The van der Waals surface area contributed by atoms with E-state index in [0.717, 1.165) is 10.5 Å². The third-order valence-electron chi connectivity index (χ3n) is 4.40. The SMILES string of the molecule is Cc1cccc(Sc2cc(O)c3c(c2N)C(=O)c2ccccc2C3=O)c1. The molecule has 0 amide bonds. The van der Waals surface area contributed by atoms with Crippen molar-refractivity contribution in [1.29, 1.82) is 0 Å². The molecule has 1 aliphatic rings. The van der Waals surface area contributed by atoms with Crippen molar-refractivity contribution in [3.05, 3.63) is 82.4 Å². The maximum Gasteiger partial charge on any atom is 0.198 e. The lowest BCUT2D eigenvalue weighted by molar-refractivity contribution is 0.0977. The van der Waals surface area contributed by atoms with Crippen molar-refractivity contribution in [2.45, 2.75) is 16.7 Å². The van der Waals surface area contributed by atoms with Crippen LogP contribution in [0.3, 0.4) is 0 Å². The van der Waals surface area contributed by atoms with Crippen LogP contribution >= 0.6 is 11.8 Å². The van der Waals surface area contributed by atoms with Gasteiger partial charge in [-0.1, -0.05) is 53.7 Å². The fourth-order valence-electron chi connectivity index (χ4n) is 3.16. The Morgan fingerprint density at radius 1 is 0.885 bits per heavy atom. The van der Waals surface area contributed by atoms with E-state index in [4.69, 9.17) is 5.73 Å². The van der Waals surface area contributed by atoms with Gasteiger partial charge in [-0.25, -0.2) is 0 Å². The molecular weight excluding hydrogens is 346 g/mol. The third kappa shape index (κ3) is 2.48. The quantitative estimate of drug-likeness (QED) is 0.413. The summed E-state index contributed by atoms with van der Waals surface area (Å²) in [7, 11) is 0. The predicted octanol–water partition coefficient (Wildman–Crippen LogP) is 4.21. The third-order valence-corrected chi connectivity index (χ3v) is 5.44. The summed E-state index contributed by atoms with van der Waals surface area (Å²) >= 11 is 1.35. The highest BCUT2D eigenvalue weighted by Gasteiger charge is 2.34. The van der Waals surface area contributed by atoms with Crippen LogP contribution in [0.2, 0.25) is 0 Å². The number of ketones is 2. The fourth-order valence-corrected chi connectivity index (χ4v) is 4.19. The summed E-state index contributed by atoms with van der Waals surface area (Å²) in [5.74, 6) is -0.946. The molecule has 0 unspecified atom stereocenters. The standard InChI is InChI=1S/C21H15NO3S/c1-11-5-4-6-12(9-11)26-16-10-15(23)17-18(19(16)22)21(25)14-8-3-2-7-13(14)20(17)24/h2-10,23H,22H2,1H3. The first-order valence-corrected chi connectivity index (χ1v) is 8.87. The Bertz CT molecular complexity index is 1090. The predicted molar refractivity (Wildman–Crippen MR) is 101 cm³/mol. The number of carbonyl (C=O) groups excluding carboxylic acids is 2. The maximum absolute atomic E-state index is 12.9. The van der Waals surface area contributed by atoms with E-state index in [0.29, 0.717) is 16.0 Å². The molecule has 3 aromatic carbocycles.